The van der Waals surface area contributed by atoms with E-state index in [0.717, 1.165) is 18.2 Å². The van der Waals surface area contributed by atoms with Crippen LogP contribution in [0.5, 0.6) is 0 Å². The molecule has 0 spiro atoms. The van der Waals surface area contributed by atoms with Gasteiger partial charge in [0.25, 0.3) is 0 Å². The van der Waals surface area contributed by atoms with E-state index < -0.39 is 26.7 Å². The molecule has 1 aromatic rings. The first-order valence-electron chi connectivity index (χ1n) is 6.22. The van der Waals surface area contributed by atoms with Gasteiger partial charge in [-0.1, -0.05) is 6.07 Å². The Balaban J connectivity index is 2.62. The summed E-state index contributed by atoms with van der Waals surface area (Å²) < 4.78 is 68.6. The van der Waals surface area contributed by atoms with E-state index in [4.69, 9.17) is 10.5 Å². The van der Waals surface area contributed by atoms with Gasteiger partial charge in [-0.2, -0.15) is 13.2 Å². The van der Waals surface area contributed by atoms with Crippen molar-refractivity contribution in [1.29, 1.82) is 0 Å². The molecule has 0 aliphatic heterocycles. The van der Waals surface area contributed by atoms with E-state index in [-0.39, 0.29) is 6.54 Å². The Morgan fingerprint density at radius 1 is 1.24 bits per heavy atom. The van der Waals surface area contributed by atoms with Gasteiger partial charge in [-0.3, -0.25) is 0 Å². The lowest BCUT2D eigenvalue weighted by atomic mass is 10.2. The SMILES string of the molecule is NCCOCCCNS(=O)(=O)c1cccc(C(F)(F)F)c1. The van der Waals surface area contributed by atoms with Gasteiger partial charge in [0.05, 0.1) is 17.1 Å². The van der Waals surface area contributed by atoms with Gasteiger partial charge in [0.1, 0.15) is 0 Å². The summed E-state index contributed by atoms with van der Waals surface area (Å²) in [5, 5.41) is 0. The molecule has 0 amide bonds. The van der Waals surface area contributed by atoms with Crippen LogP contribution in [0.25, 0.3) is 0 Å². The van der Waals surface area contributed by atoms with Crippen LogP contribution in [0.15, 0.2) is 29.2 Å². The smallest absolute Gasteiger partial charge is 0.380 e. The van der Waals surface area contributed by atoms with Crippen molar-refractivity contribution < 1.29 is 26.3 Å². The van der Waals surface area contributed by atoms with E-state index >= 15 is 0 Å². The molecule has 0 radical (unpaired) electrons. The van der Waals surface area contributed by atoms with Gasteiger partial charge >= 0.3 is 6.18 Å². The van der Waals surface area contributed by atoms with Crippen molar-refractivity contribution in [1.82, 2.24) is 4.72 Å². The van der Waals surface area contributed by atoms with Crippen molar-refractivity contribution in [2.24, 2.45) is 5.73 Å². The summed E-state index contributed by atoms with van der Waals surface area (Å²) in [6, 6.07) is 3.59. The van der Waals surface area contributed by atoms with Crippen LogP contribution in [0.1, 0.15) is 12.0 Å². The molecule has 21 heavy (non-hydrogen) atoms. The normalized spacial score (nSPS) is 12.6. The topological polar surface area (TPSA) is 81.4 Å². The molecule has 1 aromatic carbocycles. The van der Waals surface area contributed by atoms with Crippen molar-refractivity contribution >= 4 is 10.0 Å². The third-order valence-corrected chi connectivity index (χ3v) is 3.95. The van der Waals surface area contributed by atoms with Crippen molar-refractivity contribution in [2.75, 3.05) is 26.3 Å². The van der Waals surface area contributed by atoms with Crippen LogP contribution in [0.4, 0.5) is 13.2 Å². The molecule has 1 rings (SSSR count). The fourth-order valence-electron chi connectivity index (χ4n) is 1.49. The summed E-state index contributed by atoms with van der Waals surface area (Å²) in [4.78, 5) is -0.416. The van der Waals surface area contributed by atoms with Gasteiger partial charge in [-0.25, -0.2) is 13.1 Å². The average Bonchev–Trinajstić information content (AvgIpc) is 2.42. The maximum absolute atomic E-state index is 12.5. The van der Waals surface area contributed by atoms with Gasteiger partial charge < -0.3 is 10.5 Å². The first kappa shape index (κ1) is 17.9. The van der Waals surface area contributed by atoms with E-state index in [1.165, 1.54) is 0 Å². The monoisotopic (exact) mass is 326 g/mol. The van der Waals surface area contributed by atoms with Crippen LogP contribution < -0.4 is 10.5 Å². The highest BCUT2D eigenvalue weighted by Crippen LogP contribution is 2.30. The Hall–Kier alpha value is -1.16. The summed E-state index contributed by atoms with van der Waals surface area (Å²) in [5.41, 5.74) is 4.21. The zero-order valence-electron chi connectivity index (χ0n) is 11.2. The average molecular weight is 326 g/mol. The molecule has 0 saturated carbocycles. The first-order valence-corrected chi connectivity index (χ1v) is 7.70. The zero-order valence-corrected chi connectivity index (χ0v) is 12.0. The Bertz CT molecular complexity index is 547. The maximum Gasteiger partial charge on any atom is 0.416 e. The van der Waals surface area contributed by atoms with E-state index in [1.54, 1.807) is 0 Å². The highest BCUT2D eigenvalue weighted by molar-refractivity contribution is 7.89. The standard InChI is InChI=1S/C12H17F3N2O3S/c13-12(14,15)10-3-1-4-11(9-10)21(18,19)17-6-2-7-20-8-5-16/h1,3-4,9,17H,2,5-8,16H2. The van der Waals surface area contributed by atoms with Gasteiger partial charge in [-0.05, 0) is 24.6 Å². The van der Waals surface area contributed by atoms with Gasteiger partial charge in [-0.15, -0.1) is 0 Å². The van der Waals surface area contributed by atoms with Crippen LogP contribution >= 0.6 is 0 Å². The fourth-order valence-corrected chi connectivity index (χ4v) is 2.61. The van der Waals surface area contributed by atoms with Gasteiger partial charge in [0.2, 0.25) is 10.0 Å². The predicted octanol–water partition coefficient (Wildman–Crippen LogP) is 1.35. The minimum absolute atomic E-state index is 0.0726. The number of hydrogen-bond donors (Lipinski definition) is 2. The predicted molar refractivity (Wildman–Crippen MR) is 71.1 cm³/mol. The number of rotatable bonds is 8. The summed E-state index contributed by atoms with van der Waals surface area (Å²) >= 11 is 0. The van der Waals surface area contributed by atoms with Crippen LogP contribution in [0.2, 0.25) is 0 Å². The van der Waals surface area contributed by atoms with E-state index in [9.17, 15) is 21.6 Å². The molecule has 3 N–H and O–H groups in total. The number of nitrogens with one attached hydrogen (secondary N) is 1. The second kappa shape index (κ2) is 7.74. The molecular weight excluding hydrogens is 309 g/mol. The lowest BCUT2D eigenvalue weighted by molar-refractivity contribution is -0.137. The number of halogens is 3. The summed E-state index contributed by atoms with van der Waals surface area (Å²) in [6.45, 7) is 1.14. The second-order valence-corrected chi connectivity index (χ2v) is 5.94. The Morgan fingerprint density at radius 3 is 2.57 bits per heavy atom. The lowest BCUT2D eigenvalue weighted by Crippen LogP contribution is -2.26. The molecule has 0 aromatic heterocycles. The minimum Gasteiger partial charge on any atom is -0.380 e. The molecule has 0 atom stereocenters. The van der Waals surface area contributed by atoms with E-state index in [2.05, 4.69) is 4.72 Å². The molecule has 0 saturated heterocycles. The Morgan fingerprint density at radius 2 is 1.95 bits per heavy atom. The highest BCUT2D eigenvalue weighted by Gasteiger charge is 2.31. The van der Waals surface area contributed by atoms with Gasteiger partial charge in [0.15, 0.2) is 0 Å². The molecule has 0 heterocycles. The number of ether oxygens (including phenoxy) is 1. The molecule has 9 heteroatoms. The van der Waals surface area contributed by atoms with Crippen LogP contribution in [0.3, 0.4) is 0 Å². The molecular formula is C12H17F3N2O3S. The summed E-state index contributed by atoms with van der Waals surface area (Å²) in [7, 11) is -3.97. The highest BCUT2D eigenvalue weighted by atomic mass is 32.2. The van der Waals surface area contributed by atoms with Crippen molar-refractivity contribution in [2.45, 2.75) is 17.5 Å². The number of benzene rings is 1. The summed E-state index contributed by atoms with van der Waals surface area (Å²) in [5.74, 6) is 0. The van der Waals surface area contributed by atoms with Crippen LogP contribution in [-0.4, -0.2) is 34.7 Å². The molecule has 0 aliphatic carbocycles. The van der Waals surface area contributed by atoms with Crippen molar-refractivity contribution in [3.63, 3.8) is 0 Å². The Labute approximate surface area is 121 Å². The quantitative estimate of drug-likeness (QED) is 0.707. The number of nitrogens with two attached hydrogens (primary N) is 1. The van der Waals surface area contributed by atoms with Crippen molar-refractivity contribution in [3.05, 3.63) is 29.8 Å². The van der Waals surface area contributed by atoms with Gasteiger partial charge in [0, 0.05) is 19.7 Å². The third kappa shape index (κ3) is 6.00. The maximum atomic E-state index is 12.5. The minimum atomic E-state index is -4.58. The molecule has 0 aliphatic rings. The fraction of sp³-hybridized carbons (Fsp3) is 0.500. The van der Waals surface area contributed by atoms with Crippen LogP contribution in [0, 0.1) is 0 Å². The van der Waals surface area contributed by atoms with E-state index in [0.29, 0.717) is 32.2 Å². The third-order valence-electron chi connectivity index (χ3n) is 2.49. The zero-order chi connectivity index (χ0) is 15.9. The van der Waals surface area contributed by atoms with Crippen molar-refractivity contribution in [3.8, 4) is 0 Å². The largest absolute Gasteiger partial charge is 0.416 e. The lowest BCUT2D eigenvalue weighted by Gasteiger charge is -2.10. The molecule has 120 valence electrons. The summed E-state index contributed by atoms with van der Waals surface area (Å²) in [6.07, 6.45) is -4.18. The molecule has 0 unspecified atom stereocenters. The number of hydrogen-bond acceptors (Lipinski definition) is 4. The van der Waals surface area contributed by atoms with Crippen LogP contribution in [-0.2, 0) is 20.9 Å². The molecule has 0 bridgehead atoms. The number of sulfonamides is 1. The Kier molecular flexibility index (Phi) is 6.59. The van der Waals surface area contributed by atoms with E-state index in [1.807, 2.05) is 0 Å². The number of alkyl halides is 3. The molecule has 5 nitrogen and oxygen atoms in total. The second-order valence-electron chi connectivity index (χ2n) is 4.18. The first-order chi connectivity index (χ1) is 9.77. The molecule has 0 fully saturated rings.